The Balaban J connectivity index is 0.000000399. The van der Waals surface area contributed by atoms with Crippen molar-refractivity contribution in [1.82, 2.24) is 0 Å². The minimum absolute atomic E-state index is 0.873. The summed E-state index contributed by atoms with van der Waals surface area (Å²) in [5.74, 6) is 0. The molecule has 0 bridgehead atoms. The normalized spacial score (nSPS) is 11.3. The van der Waals surface area contributed by atoms with Gasteiger partial charge in [-0.2, -0.15) is 0 Å². The summed E-state index contributed by atoms with van der Waals surface area (Å²) in [7, 11) is -4.42. The predicted molar refractivity (Wildman–Crippen MR) is 111 cm³/mol. The summed E-state index contributed by atoms with van der Waals surface area (Å²) in [5, 5.41) is 2.62. The summed E-state index contributed by atoms with van der Waals surface area (Å²) in [6.07, 6.45) is 0. The zero-order valence-electron chi connectivity index (χ0n) is 14.9. The molecule has 0 saturated carbocycles. The summed E-state index contributed by atoms with van der Waals surface area (Å²) < 4.78 is 24.0. The van der Waals surface area contributed by atoms with Crippen molar-refractivity contribution in [3.05, 3.63) is 91.0 Å². The number of rotatable bonds is 3. The molecule has 0 atom stereocenters. The lowest BCUT2D eigenvalue weighted by molar-refractivity contribution is 0.586. The van der Waals surface area contributed by atoms with Crippen molar-refractivity contribution in [1.29, 1.82) is 0 Å². The Morgan fingerprint density at radius 2 is 0.680 bits per heavy atom. The highest BCUT2D eigenvalue weighted by molar-refractivity contribution is 7.85. The first-order valence-electron chi connectivity index (χ1n) is 8.11. The first-order valence-corrected chi connectivity index (χ1v) is 12.9. The van der Waals surface area contributed by atoms with Gasteiger partial charge < -0.3 is 9.13 Å². The molecule has 0 spiro atoms. The number of hydrogen-bond donors (Lipinski definition) is 0. The van der Waals surface area contributed by atoms with Crippen molar-refractivity contribution in [2.24, 2.45) is 0 Å². The van der Waals surface area contributed by atoms with E-state index in [1.807, 2.05) is 91.0 Å². The highest BCUT2D eigenvalue weighted by atomic mass is 31.2. The van der Waals surface area contributed by atoms with Crippen molar-refractivity contribution in [3.8, 4) is 0 Å². The van der Waals surface area contributed by atoms with Crippen LogP contribution in [-0.2, 0) is 9.13 Å². The van der Waals surface area contributed by atoms with E-state index in [-0.39, 0.29) is 0 Å². The van der Waals surface area contributed by atoms with E-state index in [1.165, 1.54) is 0 Å². The topological polar surface area (TPSA) is 34.1 Å². The lowest BCUT2D eigenvalue weighted by Gasteiger charge is -2.19. The minimum Gasteiger partial charge on any atom is -0.324 e. The van der Waals surface area contributed by atoms with Gasteiger partial charge in [0, 0.05) is 15.9 Å². The Morgan fingerprint density at radius 3 is 0.880 bits per heavy atom. The van der Waals surface area contributed by atoms with Gasteiger partial charge >= 0.3 is 0 Å². The van der Waals surface area contributed by atoms with Crippen LogP contribution in [0.1, 0.15) is 0 Å². The molecular formula is C21H24O2P2. The van der Waals surface area contributed by atoms with E-state index in [2.05, 4.69) is 0 Å². The second-order valence-corrected chi connectivity index (χ2v) is 13.1. The fourth-order valence-electron chi connectivity index (χ4n) is 2.36. The summed E-state index contributed by atoms with van der Waals surface area (Å²) in [6, 6.07) is 29.1. The van der Waals surface area contributed by atoms with Crippen LogP contribution < -0.4 is 15.9 Å². The molecule has 25 heavy (non-hydrogen) atoms. The van der Waals surface area contributed by atoms with Gasteiger partial charge in [0.05, 0.1) is 7.14 Å². The zero-order chi connectivity index (χ0) is 18.3. The Morgan fingerprint density at radius 1 is 0.480 bits per heavy atom. The molecule has 0 heterocycles. The second kappa shape index (κ2) is 8.48. The molecule has 0 aliphatic rings. The average Bonchev–Trinajstić information content (AvgIpc) is 2.62. The maximum absolute atomic E-state index is 13.8. The van der Waals surface area contributed by atoms with Crippen LogP contribution in [0.3, 0.4) is 0 Å². The molecule has 0 amide bonds. The van der Waals surface area contributed by atoms with Crippen LogP contribution in [0.15, 0.2) is 91.0 Å². The van der Waals surface area contributed by atoms with E-state index in [9.17, 15) is 9.13 Å². The van der Waals surface area contributed by atoms with E-state index in [1.54, 1.807) is 20.0 Å². The molecular weight excluding hydrogens is 346 g/mol. The molecule has 0 aliphatic heterocycles. The van der Waals surface area contributed by atoms with Crippen LogP contribution in [0.5, 0.6) is 0 Å². The van der Waals surface area contributed by atoms with Crippen LogP contribution in [0, 0.1) is 0 Å². The van der Waals surface area contributed by atoms with Crippen molar-refractivity contribution in [3.63, 3.8) is 0 Å². The molecule has 0 fully saturated rings. The summed E-state index contributed by atoms with van der Waals surface area (Å²) >= 11 is 0. The van der Waals surface area contributed by atoms with Crippen LogP contribution in [0.25, 0.3) is 0 Å². The maximum atomic E-state index is 13.8. The standard InChI is InChI=1S/C18H15OP.C3H9OP/c19-20(16-10-4-1-5-11-16,17-12-6-2-7-13-17)18-14-8-3-9-15-18;1-5(2,3)4/h1-15H;1-3H3. The van der Waals surface area contributed by atoms with Gasteiger partial charge in [-0.25, -0.2) is 0 Å². The first-order chi connectivity index (χ1) is 11.8. The summed E-state index contributed by atoms with van der Waals surface area (Å²) in [5.41, 5.74) is 0. The zero-order valence-corrected chi connectivity index (χ0v) is 16.7. The smallest absolute Gasteiger partial charge is 0.171 e. The van der Waals surface area contributed by atoms with E-state index >= 15 is 0 Å². The molecule has 0 saturated heterocycles. The summed E-state index contributed by atoms with van der Waals surface area (Å²) in [4.78, 5) is 0. The van der Waals surface area contributed by atoms with Crippen LogP contribution in [0.4, 0.5) is 0 Å². The monoisotopic (exact) mass is 370 g/mol. The predicted octanol–water partition coefficient (Wildman–Crippen LogP) is 4.56. The van der Waals surface area contributed by atoms with Gasteiger partial charge in [-0.05, 0) is 20.0 Å². The van der Waals surface area contributed by atoms with Gasteiger partial charge in [0.2, 0.25) is 0 Å². The minimum atomic E-state index is -2.78. The SMILES string of the molecule is CP(C)(C)=O.O=P(c1ccccc1)(c1ccccc1)c1ccccc1. The maximum Gasteiger partial charge on any atom is 0.171 e. The lowest BCUT2D eigenvalue weighted by Crippen LogP contribution is -2.24. The van der Waals surface area contributed by atoms with Crippen molar-refractivity contribution in [2.45, 2.75) is 0 Å². The number of benzene rings is 3. The molecule has 4 heteroatoms. The van der Waals surface area contributed by atoms with E-state index < -0.39 is 14.3 Å². The molecule has 0 radical (unpaired) electrons. The third kappa shape index (κ3) is 5.56. The summed E-state index contributed by atoms with van der Waals surface area (Å²) in [6.45, 7) is 5.23. The van der Waals surface area contributed by atoms with Gasteiger partial charge in [0.25, 0.3) is 0 Å². The molecule has 0 aliphatic carbocycles. The highest BCUT2D eigenvalue weighted by Gasteiger charge is 2.28. The Hall–Kier alpha value is -1.88. The van der Waals surface area contributed by atoms with Crippen molar-refractivity contribution < 1.29 is 9.13 Å². The van der Waals surface area contributed by atoms with Crippen molar-refractivity contribution >= 4 is 30.2 Å². The highest BCUT2D eigenvalue weighted by Crippen LogP contribution is 2.41. The molecule has 3 rings (SSSR count). The molecule has 3 aromatic rings. The Bertz CT molecular complexity index is 758. The molecule has 0 aromatic heterocycles. The first kappa shape index (κ1) is 19.4. The third-order valence-corrected chi connectivity index (χ3v) is 6.44. The average molecular weight is 370 g/mol. The Kier molecular flexibility index (Phi) is 6.59. The largest absolute Gasteiger partial charge is 0.324 e. The second-order valence-electron chi connectivity index (χ2n) is 6.51. The fourth-order valence-corrected chi connectivity index (χ4v) is 5.03. The molecule has 2 nitrogen and oxygen atoms in total. The Labute approximate surface area is 150 Å². The van der Waals surface area contributed by atoms with E-state index in [0.717, 1.165) is 15.9 Å². The van der Waals surface area contributed by atoms with Gasteiger partial charge in [-0.3, -0.25) is 0 Å². The lowest BCUT2D eigenvalue weighted by atomic mass is 10.4. The van der Waals surface area contributed by atoms with Crippen LogP contribution >= 0.6 is 14.3 Å². The van der Waals surface area contributed by atoms with Gasteiger partial charge in [-0.15, -0.1) is 0 Å². The van der Waals surface area contributed by atoms with Gasteiger partial charge in [0.1, 0.15) is 0 Å². The molecule has 0 unspecified atom stereocenters. The molecule has 3 aromatic carbocycles. The van der Waals surface area contributed by atoms with Gasteiger partial charge in [0.15, 0.2) is 7.14 Å². The third-order valence-electron chi connectivity index (χ3n) is 3.36. The quantitative estimate of drug-likeness (QED) is 0.633. The van der Waals surface area contributed by atoms with Crippen molar-refractivity contribution in [2.75, 3.05) is 20.0 Å². The molecule has 130 valence electrons. The number of hydrogen-bond acceptors (Lipinski definition) is 2. The van der Waals surface area contributed by atoms with Crippen LogP contribution in [0.2, 0.25) is 0 Å². The van der Waals surface area contributed by atoms with E-state index in [4.69, 9.17) is 0 Å². The fraction of sp³-hybridized carbons (Fsp3) is 0.143. The van der Waals surface area contributed by atoms with E-state index in [0.29, 0.717) is 0 Å². The van der Waals surface area contributed by atoms with Gasteiger partial charge in [-0.1, -0.05) is 91.0 Å². The van der Waals surface area contributed by atoms with Crippen LogP contribution in [-0.4, -0.2) is 20.0 Å². The molecule has 0 N–H and O–H groups in total.